The van der Waals surface area contributed by atoms with Crippen LogP contribution in [0.5, 0.6) is 23.0 Å². The van der Waals surface area contributed by atoms with Gasteiger partial charge in [-0.05, 0) is 38.1 Å². The molecule has 2 aliphatic heterocycles. The molecule has 0 aliphatic carbocycles. The van der Waals surface area contributed by atoms with E-state index in [-0.39, 0.29) is 0 Å². The fourth-order valence-electron chi connectivity index (χ4n) is 2.76. The van der Waals surface area contributed by atoms with E-state index in [1.165, 1.54) is 0 Å². The molecule has 0 radical (unpaired) electrons. The lowest BCUT2D eigenvalue weighted by molar-refractivity contribution is 0.275. The van der Waals surface area contributed by atoms with Crippen LogP contribution in [0, 0.1) is 0 Å². The Labute approximate surface area is 161 Å². The summed E-state index contributed by atoms with van der Waals surface area (Å²) in [6.45, 7) is -1.61. The molecule has 0 N–H and O–H groups in total. The minimum absolute atomic E-state index is 0.374. The predicted molar refractivity (Wildman–Crippen MR) is 106 cm³/mol. The Morgan fingerprint density at radius 1 is 0.692 bits per heavy atom. The molecule has 0 saturated heterocycles. The minimum atomic E-state index is -3.02. The van der Waals surface area contributed by atoms with Crippen molar-refractivity contribution in [3.63, 3.8) is 0 Å². The highest BCUT2D eigenvalue weighted by atomic mass is 32.5. The molecule has 0 fully saturated rings. The summed E-state index contributed by atoms with van der Waals surface area (Å²) in [6.07, 6.45) is 0. The Morgan fingerprint density at radius 3 is 1.27 bits per heavy atom. The second-order valence-corrected chi connectivity index (χ2v) is 11.1. The lowest BCUT2D eigenvalue weighted by Gasteiger charge is -2.22. The van der Waals surface area contributed by atoms with Gasteiger partial charge in [-0.15, -0.1) is 0 Å². The van der Waals surface area contributed by atoms with Gasteiger partial charge in [0.1, 0.15) is 23.0 Å². The second kappa shape index (κ2) is 6.79. The van der Waals surface area contributed by atoms with Gasteiger partial charge in [0.2, 0.25) is 0 Å². The molecule has 4 rings (SSSR count). The van der Waals surface area contributed by atoms with E-state index in [2.05, 4.69) is 0 Å². The Bertz CT molecular complexity index is 830. The summed E-state index contributed by atoms with van der Waals surface area (Å²) in [5.41, 5.74) is 1.35. The second-order valence-electron chi connectivity index (χ2n) is 5.35. The molecular weight excluding hydrogens is 414 g/mol. The SMILES string of the molecule is CCOP1(=S)Oc2cccc3c2-c2c(cccc2OP(=S)(OCC)O3)O1. The van der Waals surface area contributed by atoms with Crippen LogP contribution in [0.3, 0.4) is 0 Å². The molecule has 0 amide bonds. The molecule has 0 spiro atoms. The fraction of sp³-hybridized carbons (Fsp3) is 0.250. The van der Waals surface area contributed by atoms with Crippen molar-refractivity contribution in [1.29, 1.82) is 0 Å². The van der Waals surface area contributed by atoms with E-state index in [1.807, 2.05) is 13.8 Å². The van der Waals surface area contributed by atoms with Gasteiger partial charge < -0.3 is 18.1 Å². The number of rotatable bonds is 4. The van der Waals surface area contributed by atoms with Crippen molar-refractivity contribution >= 4 is 37.1 Å². The number of hydrogen-bond donors (Lipinski definition) is 0. The van der Waals surface area contributed by atoms with Gasteiger partial charge in [0, 0.05) is 23.6 Å². The number of benzene rings is 2. The molecular formula is C16H16O6P2S2. The molecule has 0 atom stereocenters. The smallest absolute Gasteiger partial charge is 0.415 e. The van der Waals surface area contributed by atoms with Gasteiger partial charge in [-0.25, -0.2) is 0 Å². The van der Waals surface area contributed by atoms with Gasteiger partial charge >= 0.3 is 13.4 Å². The van der Waals surface area contributed by atoms with Crippen LogP contribution >= 0.6 is 13.4 Å². The zero-order valence-corrected chi connectivity index (χ0v) is 17.5. The van der Waals surface area contributed by atoms with E-state index in [1.54, 1.807) is 36.4 Å². The Morgan fingerprint density at radius 2 is 1.00 bits per heavy atom. The molecule has 0 aromatic heterocycles. The molecule has 26 heavy (non-hydrogen) atoms. The van der Waals surface area contributed by atoms with Crippen LogP contribution in [-0.4, -0.2) is 13.2 Å². The highest BCUT2D eigenvalue weighted by Crippen LogP contribution is 2.65. The molecule has 0 saturated carbocycles. The third kappa shape index (κ3) is 3.15. The first-order valence-corrected chi connectivity index (χ1v) is 13.1. The number of hydrogen-bond acceptors (Lipinski definition) is 8. The fourth-order valence-corrected chi connectivity index (χ4v) is 6.85. The Kier molecular flexibility index (Phi) is 4.76. The van der Waals surface area contributed by atoms with Gasteiger partial charge in [0.05, 0.1) is 24.3 Å². The van der Waals surface area contributed by atoms with Crippen molar-refractivity contribution in [2.24, 2.45) is 0 Å². The van der Waals surface area contributed by atoms with Crippen LogP contribution in [0.15, 0.2) is 36.4 Å². The van der Waals surface area contributed by atoms with Gasteiger partial charge in [0.25, 0.3) is 0 Å². The highest BCUT2D eigenvalue weighted by Gasteiger charge is 2.39. The van der Waals surface area contributed by atoms with Gasteiger partial charge in [-0.2, -0.15) is 0 Å². The minimum Gasteiger partial charge on any atom is -0.415 e. The lowest BCUT2D eigenvalue weighted by Crippen LogP contribution is -2.05. The highest BCUT2D eigenvalue weighted by molar-refractivity contribution is 8.08. The maximum absolute atomic E-state index is 6.00. The third-order valence-electron chi connectivity index (χ3n) is 3.64. The van der Waals surface area contributed by atoms with Crippen molar-refractivity contribution < 1.29 is 27.1 Å². The van der Waals surface area contributed by atoms with Gasteiger partial charge in [0.15, 0.2) is 0 Å². The largest absolute Gasteiger partial charge is 0.434 e. The van der Waals surface area contributed by atoms with Crippen molar-refractivity contribution in [3.05, 3.63) is 36.4 Å². The summed E-state index contributed by atoms with van der Waals surface area (Å²) in [5.74, 6) is 2.03. The molecule has 0 bridgehead atoms. The maximum Gasteiger partial charge on any atom is 0.434 e. The zero-order chi connectivity index (χ0) is 18.4. The van der Waals surface area contributed by atoms with Gasteiger partial charge in [-0.3, -0.25) is 9.05 Å². The predicted octanol–water partition coefficient (Wildman–Crippen LogP) is 5.42. The van der Waals surface area contributed by atoms with Crippen LogP contribution in [-0.2, 0) is 32.7 Å². The molecule has 2 aromatic rings. The van der Waals surface area contributed by atoms with Crippen LogP contribution in [0.4, 0.5) is 0 Å². The van der Waals surface area contributed by atoms with Crippen LogP contribution in [0.2, 0.25) is 0 Å². The maximum atomic E-state index is 6.00. The quantitative estimate of drug-likeness (QED) is 0.597. The van der Waals surface area contributed by atoms with E-state index in [4.69, 9.17) is 50.8 Å². The first-order chi connectivity index (χ1) is 12.5. The van der Waals surface area contributed by atoms with Gasteiger partial charge in [-0.1, -0.05) is 12.1 Å². The van der Waals surface area contributed by atoms with E-state index >= 15 is 0 Å². The van der Waals surface area contributed by atoms with Crippen molar-refractivity contribution in [2.45, 2.75) is 13.8 Å². The van der Waals surface area contributed by atoms with Crippen molar-refractivity contribution in [3.8, 4) is 34.1 Å². The Balaban J connectivity index is 2.00. The molecule has 6 nitrogen and oxygen atoms in total. The zero-order valence-electron chi connectivity index (χ0n) is 14.0. The summed E-state index contributed by atoms with van der Waals surface area (Å²) in [7, 11) is 0. The first-order valence-electron chi connectivity index (χ1n) is 8.01. The topological polar surface area (TPSA) is 55.4 Å². The van der Waals surface area contributed by atoms with Crippen molar-refractivity contribution in [2.75, 3.05) is 13.2 Å². The average Bonchev–Trinajstić information content (AvgIpc) is 2.78. The molecule has 0 unspecified atom stereocenters. The molecule has 10 heteroatoms. The van der Waals surface area contributed by atoms with Crippen LogP contribution in [0.25, 0.3) is 11.1 Å². The van der Waals surface area contributed by atoms with E-state index in [0.29, 0.717) is 47.3 Å². The van der Waals surface area contributed by atoms with E-state index in [9.17, 15) is 0 Å². The third-order valence-corrected chi connectivity index (χ3v) is 8.00. The van der Waals surface area contributed by atoms with Crippen molar-refractivity contribution in [1.82, 2.24) is 0 Å². The summed E-state index contributed by atoms with van der Waals surface area (Å²) >= 11 is 11.1. The summed E-state index contributed by atoms with van der Waals surface area (Å²) in [5, 5.41) is 0. The van der Waals surface area contributed by atoms with Crippen LogP contribution in [0.1, 0.15) is 13.8 Å². The summed E-state index contributed by atoms with van der Waals surface area (Å²) in [6, 6.07) is 10.8. The molecule has 2 heterocycles. The summed E-state index contributed by atoms with van der Waals surface area (Å²) < 4.78 is 35.3. The lowest BCUT2D eigenvalue weighted by atomic mass is 10.0. The monoisotopic (exact) mass is 430 g/mol. The first kappa shape index (κ1) is 18.2. The van der Waals surface area contributed by atoms with Crippen LogP contribution < -0.4 is 18.1 Å². The average molecular weight is 430 g/mol. The normalized spacial score (nSPS) is 18.1. The molecule has 2 aliphatic rings. The standard InChI is InChI=1S/C16H16O6P2S2/c1-3-17-23(25)19-11-7-5-9-13-15(11)16-12(20-23)8-6-10-14(16)22-24(26,21-13)18-4-2/h5-10H,3-4H2,1-2H3. The summed E-state index contributed by atoms with van der Waals surface area (Å²) in [4.78, 5) is 0. The Hall–Kier alpha value is -1.14. The molecule has 138 valence electrons. The molecule has 2 aromatic carbocycles. The van der Waals surface area contributed by atoms with E-state index in [0.717, 1.165) is 0 Å². The van der Waals surface area contributed by atoms with E-state index < -0.39 is 13.4 Å².